The number of hydrogen-bond donors (Lipinski definition) is 0. The predicted molar refractivity (Wildman–Crippen MR) is 117 cm³/mol. The molecule has 0 N–H and O–H groups in total. The molecular formula is C24H25F3N2OS. The summed E-state index contributed by atoms with van der Waals surface area (Å²) in [6.45, 7) is 11.9. The second-order valence-corrected chi connectivity index (χ2v) is 8.66. The maximum atomic E-state index is 13.0. The predicted octanol–water partition coefficient (Wildman–Crippen LogP) is 7.08. The van der Waals surface area contributed by atoms with Crippen LogP contribution in [0.15, 0.2) is 40.4 Å². The second kappa shape index (κ2) is 8.91. The lowest BCUT2D eigenvalue weighted by molar-refractivity contribution is -0.137. The van der Waals surface area contributed by atoms with Gasteiger partial charge in [0.1, 0.15) is 12.4 Å². The van der Waals surface area contributed by atoms with Crippen LogP contribution >= 0.6 is 11.8 Å². The molecule has 0 aliphatic rings. The van der Waals surface area contributed by atoms with E-state index in [1.54, 1.807) is 6.07 Å². The Labute approximate surface area is 185 Å². The molecule has 0 radical (unpaired) electrons. The highest BCUT2D eigenvalue weighted by Crippen LogP contribution is 2.40. The Balaban J connectivity index is 1.90. The zero-order valence-electron chi connectivity index (χ0n) is 18.4. The number of aryl methyl sites for hydroxylation is 2. The molecule has 2 aromatic carbocycles. The number of hydrogen-bond acceptors (Lipinski definition) is 4. The van der Waals surface area contributed by atoms with Crippen LogP contribution in [0.4, 0.5) is 13.2 Å². The van der Waals surface area contributed by atoms with Gasteiger partial charge in [-0.3, -0.25) is 0 Å². The Kier molecular flexibility index (Phi) is 6.65. The first-order valence-corrected chi connectivity index (χ1v) is 10.7. The molecule has 31 heavy (non-hydrogen) atoms. The third-order valence-corrected chi connectivity index (χ3v) is 6.46. The van der Waals surface area contributed by atoms with Crippen LogP contribution in [-0.4, -0.2) is 9.97 Å². The molecule has 164 valence electrons. The van der Waals surface area contributed by atoms with Crippen molar-refractivity contribution in [2.45, 2.75) is 64.4 Å². The largest absolute Gasteiger partial charge is 0.488 e. The van der Waals surface area contributed by atoms with E-state index in [1.807, 2.05) is 47.6 Å². The molecule has 0 fully saturated rings. The van der Waals surface area contributed by atoms with Crippen molar-refractivity contribution >= 4 is 11.8 Å². The minimum atomic E-state index is -4.37. The molecule has 3 rings (SSSR count). The van der Waals surface area contributed by atoms with Crippen LogP contribution in [-0.2, 0) is 12.8 Å². The van der Waals surface area contributed by atoms with Crippen LogP contribution in [0, 0.1) is 41.5 Å². The molecule has 0 unspecified atom stereocenters. The molecule has 0 spiro atoms. The standard InChI is InChI=1S/C24H25F3N2OS/c1-13-10-14(2)29-23(28-13)31-22-17(5)15(3)21(16(4)18(22)6)30-12-19-8-7-9-20(11-19)24(25,26)27/h7-11H,12H2,1-6H3. The van der Waals surface area contributed by atoms with Crippen molar-refractivity contribution in [1.29, 1.82) is 0 Å². The van der Waals surface area contributed by atoms with E-state index in [-0.39, 0.29) is 6.61 Å². The van der Waals surface area contributed by atoms with Gasteiger partial charge >= 0.3 is 6.18 Å². The quantitative estimate of drug-likeness (QED) is 0.393. The summed E-state index contributed by atoms with van der Waals surface area (Å²) in [5.41, 5.74) is 5.66. The lowest BCUT2D eigenvalue weighted by atomic mass is 9.99. The zero-order chi connectivity index (χ0) is 22.9. The first-order chi connectivity index (χ1) is 14.5. The van der Waals surface area contributed by atoms with Crippen molar-refractivity contribution in [2.24, 2.45) is 0 Å². The van der Waals surface area contributed by atoms with Gasteiger partial charge in [-0.2, -0.15) is 13.2 Å². The van der Waals surface area contributed by atoms with Crippen LogP contribution in [0.3, 0.4) is 0 Å². The number of benzene rings is 2. The summed E-state index contributed by atoms with van der Waals surface area (Å²) >= 11 is 1.52. The van der Waals surface area contributed by atoms with E-state index < -0.39 is 11.7 Å². The maximum absolute atomic E-state index is 13.0. The molecule has 0 bridgehead atoms. The smallest absolute Gasteiger partial charge is 0.416 e. The summed E-state index contributed by atoms with van der Waals surface area (Å²) in [5.74, 6) is 0.707. The molecule has 0 amide bonds. The van der Waals surface area contributed by atoms with Gasteiger partial charge in [-0.25, -0.2) is 9.97 Å². The topological polar surface area (TPSA) is 35.0 Å². The van der Waals surface area contributed by atoms with E-state index in [0.29, 0.717) is 16.5 Å². The fraction of sp³-hybridized carbons (Fsp3) is 0.333. The van der Waals surface area contributed by atoms with E-state index in [9.17, 15) is 13.2 Å². The Morgan fingerprint density at radius 1 is 0.839 bits per heavy atom. The number of nitrogens with zero attached hydrogens (tertiary/aromatic N) is 2. The lowest BCUT2D eigenvalue weighted by Gasteiger charge is -2.20. The van der Waals surface area contributed by atoms with Gasteiger partial charge in [0.2, 0.25) is 0 Å². The van der Waals surface area contributed by atoms with Gasteiger partial charge in [0, 0.05) is 16.3 Å². The van der Waals surface area contributed by atoms with Crippen LogP contribution in [0.25, 0.3) is 0 Å². The summed E-state index contributed by atoms with van der Waals surface area (Å²) < 4.78 is 45.0. The molecular weight excluding hydrogens is 421 g/mol. The first kappa shape index (κ1) is 23.1. The van der Waals surface area contributed by atoms with Gasteiger partial charge in [0.15, 0.2) is 5.16 Å². The molecule has 0 aliphatic carbocycles. The Bertz CT molecular complexity index is 1080. The average molecular weight is 447 g/mol. The van der Waals surface area contributed by atoms with Gasteiger partial charge < -0.3 is 4.74 Å². The van der Waals surface area contributed by atoms with Crippen LogP contribution in [0.5, 0.6) is 5.75 Å². The van der Waals surface area contributed by atoms with Gasteiger partial charge in [0.05, 0.1) is 5.56 Å². The summed E-state index contributed by atoms with van der Waals surface area (Å²) in [6, 6.07) is 7.18. The molecule has 1 aromatic heterocycles. The minimum absolute atomic E-state index is 0.0666. The van der Waals surface area contributed by atoms with Gasteiger partial charge in [0.25, 0.3) is 0 Å². The van der Waals surface area contributed by atoms with Crippen molar-refractivity contribution in [2.75, 3.05) is 0 Å². The summed E-state index contributed by atoms with van der Waals surface area (Å²) in [4.78, 5) is 10.1. The van der Waals surface area contributed by atoms with Crippen molar-refractivity contribution in [3.8, 4) is 5.75 Å². The fourth-order valence-electron chi connectivity index (χ4n) is 3.44. The average Bonchev–Trinajstić information content (AvgIpc) is 2.68. The minimum Gasteiger partial charge on any atom is -0.488 e. The highest BCUT2D eigenvalue weighted by Gasteiger charge is 2.30. The summed E-state index contributed by atoms with van der Waals surface area (Å²) in [6.07, 6.45) is -4.37. The molecule has 0 atom stereocenters. The third kappa shape index (κ3) is 5.21. The van der Waals surface area contributed by atoms with Crippen LogP contribution < -0.4 is 4.74 Å². The number of alkyl halides is 3. The lowest BCUT2D eigenvalue weighted by Crippen LogP contribution is -2.07. The molecule has 0 saturated heterocycles. The Morgan fingerprint density at radius 3 is 1.97 bits per heavy atom. The van der Waals surface area contributed by atoms with Crippen molar-refractivity contribution in [3.63, 3.8) is 0 Å². The second-order valence-electron chi connectivity index (χ2n) is 7.68. The van der Waals surface area contributed by atoms with Crippen molar-refractivity contribution < 1.29 is 17.9 Å². The fourth-order valence-corrected chi connectivity index (χ4v) is 4.61. The molecule has 7 heteroatoms. The molecule has 3 aromatic rings. The van der Waals surface area contributed by atoms with Gasteiger partial charge in [-0.1, -0.05) is 12.1 Å². The van der Waals surface area contributed by atoms with E-state index >= 15 is 0 Å². The maximum Gasteiger partial charge on any atom is 0.416 e. The number of ether oxygens (including phenoxy) is 1. The molecule has 3 nitrogen and oxygen atoms in total. The SMILES string of the molecule is Cc1cc(C)nc(Sc2c(C)c(C)c(OCc3cccc(C(F)(F)F)c3)c(C)c2C)n1. The van der Waals surface area contributed by atoms with Crippen LogP contribution in [0.1, 0.15) is 44.8 Å². The Morgan fingerprint density at radius 2 is 1.42 bits per heavy atom. The number of aromatic nitrogens is 2. The molecule has 0 aliphatic heterocycles. The summed E-state index contributed by atoms with van der Waals surface area (Å²) in [5, 5.41) is 0.695. The summed E-state index contributed by atoms with van der Waals surface area (Å²) in [7, 11) is 0. The van der Waals surface area contributed by atoms with Crippen molar-refractivity contribution in [1.82, 2.24) is 9.97 Å². The van der Waals surface area contributed by atoms with Gasteiger partial charge in [-0.15, -0.1) is 0 Å². The first-order valence-electron chi connectivity index (χ1n) is 9.86. The van der Waals surface area contributed by atoms with E-state index in [1.165, 1.54) is 17.8 Å². The highest BCUT2D eigenvalue weighted by atomic mass is 32.2. The number of halogens is 3. The van der Waals surface area contributed by atoms with E-state index in [2.05, 4.69) is 9.97 Å². The zero-order valence-corrected chi connectivity index (χ0v) is 19.3. The van der Waals surface area contributed by atoms with E-state index in [4.69, 9.17) is 4.74 Å². The van der Waals surface area contributed by atoms with E-state index in [0.717, 1.165) is 50.7 Å². The monoisotopic (exact) mass is 446 g/mol. The third-order valence-electron chi connectivity index (χ3n) is 5.28. The molecule has 1 heterocycles. The van der Waals surface area contributed by atoms with Gasteiger partial charge in [-0.05, 0) is 99.3 Å². The van der Waals surface area contributed by atoms with Crippen molar-refractivity contribution in [3.05, 3.63) is 75.1 Å². The normalized spacial score (nSPS) is 11.6. The molecule has 0 saturated carbocycles. The highest BCUT2D eigenvalue weighted by molar-refractivity contribution is 7.99. The van der Waals surface area contributed by atoms with Crippen LogP contribution in [0.2, 0.25) is 0 Å². The Hall–Kier alpha value is -2.54. The number of rotatable bonds is 5.